The lowest BCUT2D eigenvalue weighted by molar-refractivity contribution is 0.699. The van der Waals surface area contributed by atoms with Gasteiger partial charge in [0.25, 0.3) is 0 Å². The fraction of sp³-hybridized carbons (Fsp3) is 0.467. The Kier molecular flexibility index (Phi) is 3.82. The average Bonchev–Trinajstić information content (AvgIpc) is 2.86. The van der Waals surface area contributed by atoms with E-state index in [1.807, 2.05) is 4.90 Å². The first-order valence-electron chi connectivity index (χ1n) is 7.38. The lowest BCUT2D eigenvalue weighted by Crippen LogP contribution is -2.27. The maximum absolute atomic E-state index is 5.95. The Morgan fingerprint density at radius 1 is 1.33 bits per heavy atom. The Hall–Kier alpha value is -1.66. The van der Waals surface area contributed by atoms with Crippen molar-refractivity contribution < 1.29 is 0 Å². The molecule has 0 saturated carbocycles. The first kappa shape index (κ1) is 14.3. The predicted molar refractivity (Wildman–Crippen MR) is 89.7 cm³/mol. The van der Waals surface area contributed by atoms with Gasteiger partial charge in [-0.05, 0) is 38.2 Å². The lowest BCUT2D eigenvalue weighted by atomic mass is 9.98. The third-order valence-electron chi connectivity index (χ3n) is 3.98. The summed E-state index contributed by atoms with van der Waals surface area (Å²) < 4.78 is 1.12. The molecule has 6 heteroatoms. The van der Waals surface area contributed by atoms with Gasteiger partial charge in [0.2, 0.25) is 5.95 Å². The number of hydrogen-bond donors (Lipinski definition) is 2. The van der Waals surface area contributed by atoms with Gasteiger partial charge in [-0.25, -0.2) is 4.98 Å². The van der Waals surface area contributed by atoms with Crippen molar-refractivity contribution in [2.75, 3.05) is 23.7 Å². The smallest absolute Gasteiger partial charge is 0.222 e. The molecule has 5 nitrogen and oxygen atoms in total. The van der Waals surface area contributed by atoms with E-state index in [4.69, 9.17) is 11.5 Å². The fourth-order valence-electron chi connectivity index (χ4n) is 2.93. The quantitative estimate of drug-likeness (QED) is 0.906. The van der Waals surface area contributed by atoms with Crippen LogP contribution >= 0.6 is 11.3 Å². The van der Waals surface area contributed by atoms with Gasteiger partial charge >= 0.3 is 0 Å². The zero-order chi connectivity index (χ0) is 15.0. The highest BCUT2D eigenvalue weighted by atomic mass is 32.1. The highest BCUT2D eigenvalue weighted by Gasteiger charge is 2.23. The van der Waals surface area contributed by atoms with E-state index >= 15 is 0 Å². The second-order valence-electron chi connectivity index (χ2n) is 5.31. The minimum atomic E-state index is 0.326. The summed E-state index contributed by atoms with van der Waals surface area (Å²) in [5, 5.41) is 0. The molecule has 0 atom stereocenters. The van der Waals surface area contributed by atoms with E-state index in [1.54, 1.807) is 11.3 Å². The second-order valence-corrected chi connectivity index (χ2v) is 6.41. The molecule has 0 aromatic carbocycles. The number of nitrogens with two attached hydrogens (primary N) is 2. The molecule has 2 aromatic heterocycles. The SMILES string of the molecule is C=C(CN)N(CC)c1nc(N)nc2c3c(sc12)CCCC3. The van der Waals surface area contributed by atoms with E-state index in [0.29, 0.717) is 12.5 Å². The molecule has 2 aromatic rings. The first-order chi connectivity index (χ1) is 10.2. The molecule has 0 fully saturated rings. The van der Waals surface area contributed by atoms with E-state index < -0.39 is 0 Å². The molecule has 0 radical (unpaired) electrons. The minimum Gasteiger partial charge on any atom is -0.368 e. The van der Waals surface area contributed by atoms with E-state index in [-0.39, 0.29) is 0 Å². The number of nitrogens with zero attached hydrogens (tertiary/aromatic N) is 3. The van der Waals surface area contributed by atoms with E-state index in [9.17, 15) is 0 Å². The van der Waals surface area contributed by atoms with Gasteiger partial charge in [-0.1, -0.05) is 6.58 Å². The van der Waals surface area contributed by atoms with Crippen LogP contribution in [0.2, 0.25) is 0 Å². The maximum atomic E-state index is 5.95. The molecular formula is C15H21N5S. The van der Waals surface area contributed by atoms with Crippen LogP contribution in [0.4, 0.5) is 11.8 Å². The highest BCUT2D eigenvalue weighted by molar-refractivity contribution is 7.19. The molecule has 2 heterocycles. The summed E-state index contributed by atoms with van der Waals surface area (Å²) in [6.07, 6.45) is 4.71. The Labute approximate surface area is 128 Å². The van der Waals surface area contributed by atoms with Gasteiger partial charge in [-0.2, -0.15) is 4.98 Å². The van der Waals surface area contributed by atoms with Gasteiger partial charge in [0.05, 0.1) is 10.2 Å². The number of rotatable bonds is 4. The predicted octanol–water partition coefficient (Wildman–Crippen LogP) is 2.45. The van der Waals surface area contributed by atoms with Crippen LogP contribution in [0.5, 0.6) is 0 Å². The van der Waals surface area contributed by atoms with Crippen LogP contribution in [-0.4, -0.2) is 23.1 Å². The number of anilines is 2. The first-order valence-corrected chi connectivity index (χ1v) is 8.20. The van der Waals surface area contributed by atoms with Crippen molar-refractivity contribution in [1.82, 2.24) is 9.97 Å². The van der Waals surface area contributed by atoms with Gasteiger partial charge in [-0.3, -0.25) is 0 Å². The molecule has 4 N–H and O–H groups in total. The van der Waals surface area contributed by atoms with Crippen LogP contribution in [0.25, 0.3) is 10.2 Å². The normalized spacial score (nSPS) is 14.2. The molecule has 1 aliphatic carbocycles. The maximum Gasteiger partial charge on any atom is 0.222 e. The Bertz CT molecular complexity index is 691. The number of aromatic nitrogens is 2. The number of hydrogen-bond acceptors (Lipinski definition) is 6. The average molecular weight is 303 g/mol. The van der Waals surface area contributed by atoms with Crippen molar-refractivity contribution in [2.24, 2.45) is 5.73 Å². The van der Waals surface area contributed by atoms with Gasteiger partial charge in [0.1, 0.15) is 0 Å². The molecule has 0 saturated heterocycles. The van der Waals surface area contributed by atoms with E-state index in [1.165, 1.54) is 23.3 Å². The van der Waals surface area contributed by atoms with Gasteiger partial charge in [0, 0.05) is 23.7 Å². The van der Waals surface area contributed by atoms with Crippen LogP contribution < -0.4 is 16.4 Å². The lowest BCUT2D eigenvalue weighted by Gasteiger charge is -2.23. The van der Waals surface area contributed by atoms with Crippen molar-refractivity contribution in [3.63, 3.8) is 0 Å². The monoisotopic (exact) mass is 303 g/mol. The summed E-state index contributed by atoms with van der Waals surface area (Å²) in [5.74, 6) is 1.18. The van der Waals surface area contributed by atoms with Crippen LogP contribution in [-0.2, 0) is 12.8 Å². The van der Waals surface area contributed by atoms with Crippen LogP contribution in [0.15, 0.2) is 12.3 Å². The standard InChI is InChI=1S/C15H21N5S/c1-3-20(9(2)8-16)14-13-12(18-15(17)19-14)10-6-4-5-7-11(10)21-13/h2-8,16H2,1H3,(H2,17,18,19). The number of thiophene rings is 1. The zero-order valence-electron chi connectivity index (χ0n) is 12.4. The van der Waals surface area contributed by atoms with Gasteiger partial charge < -0.3 is 16.4 Å². The molecule has 0 spiro atoms. The third-order valence-corrected chi connectivity index (χ3v) is 5.26. The van der Waals surface area contributed by atoms with Gasteiger partial charge in [-0.15, -0.1) is 11.3 Å². The summed E-state index contributed by atoms with van der Waals surface area (Å²) in [6, 6.07) is 0. The molecule has 112 valence electrons. The molecule has 0 bridgehead atoms. The Balaban J connectivity index is 2.22. The van der Waals surface area contributed by atoms with Crippen molar-refractivity contribution in [3.8, 4) is 0 Å². The Morgan fingerprint density at radius 2 is 2.10 bits per heavy atom. The number of likely N-dealkylation sites (N-methyl/N-ethyl adjacent to an activating group) is 1. The Morgan fingerprint density at radius 3 is 2.81 bits per heavy atom. The zero-order valence-corrected chi connectivity index (χ0v) is 13.2. The molecule has 0 amide bonds. The van der Waals surface area contributed by atoms with E-state index in [2.05, 4.69) is 23.5 Å². The summed E-state index contributed by atoms with van der Waals surface area (Å²) in [6.45, 7) is 7.29. The second kappa shape index (κ2) is 5.61. The molecule has 0 unspecified atom stereocenters. The highest BCUT2D eigenvalue weighted by Crippen LogP contribution is 2.40. The van der Waals surface area contributed by atoms with Gasteiger partial charge in [0.15, 0.2) is 5.82 Å². The largest absolute Gasteiger partial charge is 0.368 e. The summed E-state index contributed by atoms with van der Waals surface area (Å²) >= 11 is 1.80. The third kappa shape index (κ3) is 2.38. The minimum absolute atomic E-state index is 0.326. The molecule has 0 aliphatic heterocycles. The molecule has 1 aliphatic rings. The van der Waals surface area contributed by atoms with Crippen molar-refractivity contribution in [3.05, 3.63) is 22.7 Å². The fourth-order valence-corrected chi connectivity index (χ4v) is 4.26. The number of fused-ring (bicyclic) bond motifs is 3. The summed E-state index contributed by atoms with van der Waals surface area (Å²) in [7, 11) is 0. The summed E-state index contributed by atoms with van der Waals surface area (Å²) in [5.41, 5.74) is 14.9. The topological polar surface area (TPSA) is 81.1 Å². The molecular weight excluding hydrogens is 282 g/mol. The van der Waals surface area contributed by atoms with E-state index in [0.717, 1.165) is 41.1 Å². The summed E-state index contributed by atoms with van der Waals surface area (Å²) in [4.78, 5) is 12.5. The van der Waals surface area contributed by atoms with Crippen molar-refractivity contribution in [1.29, 1.82) is 0 Å². The van der Waals surface area contributed by atoms with Crippen LogP contribution in [0, 0.1) is 0 Å². The van der Waals surface area contributed by atoms with Crippen LogP contribution in [0.1, 0.15) is 30.2 Å². The van der Waals surface area contributed by atoms with Crippen molar-refractivity contribution in [2.45, 2.75) is 32.6 Å². The number of aryl methyl sites for hydroxylation is 2. The van der Waals surface area contributed by atoms with Crippen LogP contribution in [0.3, 0.4) is 0 Å². The number of nitrogen functional groups attached to an aromatic ring is 1. The van der Waals surface area contributed by atoms with Crippen molar-refractivity contribution >= 4 is 33.3 Å². The molecule has 3 rings (SSSR count). The molecule has 21 heavy (non-hydrogen) atoms.